The van der Waals surface area contributed by atoms with E-state index in [0.717, 1.165) is 30.7 Å². The van der Waals surface area contributed by atoms with Gasteiger partial charge >= 0.3 is 4.87 Å². The third-order valence-corrected chi connectivity index (χ3v) is 3.14. The maximum atomic E-state index is 11.6. The fourth-order valence-corrected chi connectivity index (χ4v) is 2.66. The molecule has 1 aliphatic heterocycles. The van der Waals surface area contributed by atoms with E-state index in [0.29, 0.717) is 0 Å². The zero-order chi connectivity index (χ0) is 10.1. The molecule has 0 aliphatic carbocycles. The van der Waals surface area contributed by atoms with Crippen LogP contribution < -0.4 is 9.67 Å². The number of fused-ring (bicyclic) bond motifs is 1. The van der Waals surface area contributed by atoms with E-state index in [1.54, 1.807) is 0 Å². The number of hydrogen-bond acceptors (Lipinski definition) is 3. The molecule has 0 spiro atoms. The molecule has 14 heavy (non-hydrogen) atoms. The van der Waals surface area contributed by atoms with Gasteiger partial charge in [0.05, 0.1) is 0 Å². The Bertz CT molecular complexity index is 438. The molecule has 0 amide bonds. The van der Waals surface area contributed by atoms with Crippen LogP contribution in [0.15, 0.2) is 9.79 Å². The van der Waals surface area contributed by atoms with Crippen molar-refractivity contribution < 1.29 is 0 Å². The molecule has 0 radical (unpaired) electrons. The molecule has 0 saturated heterocycles. The van der Waals surface area contributed by atoms with E-state index in [9.17, 15) is 4.79 Å². The van der Waals surface area contributed by atoms with Gasteiger partial charge in [0.2, 0.25) is 4.80 Å². The predicted molar refractivity (Wildman–Crippen MR) is 56.5 cm³/mol. The molecular formula is C9H15N3OS. The van der Waals surface area contributed by atoms with E-state index in [-0.39, 0.29) is 10.9 Å². The van der Waals surface area contributed by atoms with Gasteiger partial charge in [-0.15, -0.1) is 0 Å². The smallest absolute Gasteiger partial charge is 0.256 e. The van der Waals surface area contributed by atoms with Crippen LogP contribution in [0, 0.1) is 0 Å². The molecule has 0 saturated carbocycles. The number of rotatable bonds is 1. The van der Waals surface area contributed by atoms with Crippen molar-refractivity contribution in [2.45, 2.75) is 45.8 Å². The lowest BCUT2D eigenvalue weighted by Crippen LogP contribution is -2.31. The molecular weight excluding hydrogens is 198 g/mol. The molecule has 0 aromatic carbocycles. The summed E-state index contributed by atoms with van der Waals surface area (Å²) >= 11 is 1.26. The Morgan fingerprint density at radius 3 is 2.57 bits per heavy atom. The Balaban J connectivity index is 2.58. The minimum absolute atomic E-state index is 0.129. The molecule has 2 rings (SSSR count). The number of nitrogens with zero attached hydrogens (tertiary/aromatic N) is 3. The van der Waals surface area contributed by atoms with Crippen LogP contribution in [0.3, 0.4) is 0 Å². The summed E-state index contributed by atoms with van der Waals surface area (Å²) in [6.07, 6.45) is 2.26. The average Bonchev–Trinajstić information content (AvgIpc) is 2.44. The van der Waals surface area contributed by atoms with Crippen molar-refractivity contribution in [1.29, 1.82) is 0 Å². The van der Waals surface area contributed by atoms with E-state index < -0.39 is 0 Å². The summed E-state index contributed by atoms with van der Waals surface area (Å²) < 4.78 is 3.84. The molecule has 0 unspecified atom stereocenters. The topological polar surface area (TPSA) is 39.3 Å². The van der Waals surface area contributed by atoms with Crippen LogP contribution >= 0.6 is 11.3 Å². The highest BCUT2D eigenvalue weighted by Crippen LogP contribution is 2.03. The van der Waals surface area contributed by atoms with E-state index >= 15 is 0 Å². The zero-order valence-electron chi connectivity index (χ0n) is 8.56. The summed E-state index contributed by atoms with van der Waals surface area (Å²) in [5.74, 6) is 0. The molecule has 0 bridgehead atoms. The van der Waals surface area contributed by atoms with Gasteiger partial charge in [-0.2, -0.15) is 0 Å². The largest absolute Gasteiger partial charge is 0.325 e. The minimum atomic E-state index is 0.129. The fourth-order valence-electron chi connectivity index (χ4n) is 1.65. The summed E-state index contributed by atoms with van der Waals surface area (Å²) in [4.78, 5) is 17.0. The van der Waals surface area contributed by atoms with Gasteiger partial charge in [0, 0.05) is 19.1 Å². The maximum Gasteiger partial charge on any atom is 0.325 e. The van der Waals surface area contributed by atoms with Crippen LogP contribution in [0.5, 0.6) is 0 Å². The maximum absolute atomic E-state index is 11.6. The lowest BCUT2D eigenvalue weighted by Gasteiger charge is -2.15. The number of aromatic nitrogens is 2. The normalized spacial score (nSPS) is 17.5. The van der Waals surface area contributed by atoms with Gasteiger partial charge in [-0.05, 0) is 38.0 Å². The molecule has 2 heterocycles. The summed E-state index contributed by atoms with van der Waals surface area (Å²) in [7, 11) is 0. The zero-order valence-corrected chi connectivity index (χ0v) is 9.38. The molecule has 1 aliphatic rings. The average molecular weight is 213 g/mol. The second-order valence-corrected chi connectivity index (χ2v) is 4.75. The first-order valence-corrected chi connectivity index (χ1v) is 5.85. The first-order chi connectivity index (χ1) is 6.68. The summed E-state index contributed by atoms with van der Waals surface area (Å²) in [5.41, 5.74) is 0. The van der Waals surface area contributed by atoms with Crippen molar-refractivity contribution in [3.05, 3.63) is 14.5 Å². The van der Waals surface area contributed by atoms with Gasteiger partial charge in [0.1, 0.15) is 0 Å². The molecule has 0 N–H and O–H groups in total. The molecule has 1 aromatic heterocycles. The second kappa shape index (κ2) is 3.73. The summed E-state index contributed by atoms with van der Waals surface area (Å²) in [6.45, 7) is 5.85. The van der Waals surface area contributed by atoms with E-state index in [1.807, 2.05) is 23.2 Å². The Hall–Kier alpha value is -0.840. The van der Waals surface area contributed by atoms with Gasteiger partial charge in [0.15, 0.2) is 0 Å². The van der Waals surface area contributed by atoms with Gasteiger partial charge in [-0.25, -0.2) is 4.68 Å². The third kappa shape index (κ3) is 1.68. The Labute approximate surface area is 86.5 Å². The second-order valence-electron chi connectivity index (χ2n) is 3.83. The Kier molecular flexibility index (Phi) is 2.58. The predicted octanol–water partition coefficient (Wildman–Crippen LogP) is 0.814. The standard InChI is InChI=1S/C9H15N3OS/c1-7(2)10-8-11-5-3-4-6-12(11)9(13)14-8/h7H,3-6H2,1-2H3. The number of hydrogen-bond donors (Lipinski definition) is 0. The molecule has 5 heteroatoms. The molecule has 0 atom stereocenters. The van der Waals surface area contributed by atoms with Gasteiger partial charge in [0.25, 0.3) is 0 Å². The lowest BCUT2D eigenvalue weighted by molar-refractivity contribution is 0.344. The highest BCUT2D eigenvalue weighted by atomic mass is 32.1. The van der Waals surface area contributed by atoms with Crippen LogP contribution in [-0.2, 0) is 13.1 Å². The van der Waals surface area contributed by atoms with E-state index in [4.69, 9.17) is 0 Å². The monoisotopic (exact) mass is 213 g/mol. The first-order valence-electron chi connectivity index (χ1n) is 5.03. The van der Waals surface area contributed by atoms with Crippen molar-refractivity contribution in [1.82, 2.24) is 9.36 Å². The van der Waals surface area contributed by atoms with E-state index in [1.165, 1.54) is 11.3 Å². The van der Waals surface area contributed by atoms with Crippen molar-refractivity contribution in [3.63, 3.8) is 0 Å². The molecule has 1 aromatic rings. The summed E-state index contributed by atoms with van der Waals surface area (Å²) in [6, 6.07) is 0.257. The van der Waals surface area contributed by atoms with Crippen molar-refractivity contribution in [2.75, 3.05) is 0 Å². The SMILES string of the molecule is CC(C)N=c1sc(=O)n2n1CCCC2. The van der Waals surface area contributed by atoms with Crippen LogP contribution in [-0.4, -0.2) is 15.4 Å². The van der Waals surface area contributed by atoms with Crippen LogP contribution in [0.1, 0.15) is 26.7 Å². The van der Waals surface area contributed by atoms with Crippen molar-refractivity contribution in [3.8, 4) is 0 Å². The minimum Gasteiger partial charge on any atom is -0.256 e. The molecule has 0 fully saturated rings. The quantitative estimate of drug-likeness (QED) is 0.680. The first kappa shape index (κ1) is 9.71. The van der Waals surface area contributed by atoms with Crippen molar-refractivity contribution >= 4 is 11.3 Å². The Morgan fingerprint density at radius 2 is 1.93 bits per heavy atom. The van der Waals surface area contributed by atoms with Gasteiger partial charge in [-0.1, -0.05) is 0 Å². The fraction of sp³-hybridized carbons (Fsp3) is 0.778. The van der Waals surface area contributed by atoms with Crippen molar-refractivity contribution in [2.24, 2.45) is 4.99 Å². The van der Waals surface area contributed by atoms with Gasteiger partial charge < -0.3 is 0 Å². The van der Waals surface area contributed by atoms with E-state index in [2.05, 4.69) is 4.99 Å². The lowest BCUT2D eigenvalue weighted by atomic mass is 10.3. The van der Waals surface area contributed by atoms with Crippen LogP contribution in [0.4, 0.5) is 0 Å². The Morgan fingerprint density at radius 1 is 1.29 bits per heavy atom. The van der Waals surface area contributed by atoms with Crippen LogP contribution in [0.25, 0.3) is 0 Å². The molecule has 4 nitrogen and oxygen atoms in total. The highest BCUT2D eigenvalue weighted by Gasteiger charge is 2.12. The molecule has 78 valence electrons. The van der Waals surface area contributed by atoms with Crippen LogP contribution in [0.2, 0.25) is 0 Å². The third-order valence-electron chi connectivity index (χ3n) is 2.26. The highest BCUT2D eigenvalue weighted by molar-refractivity contribution is 7.06. The summed E-state index contributed by atoms with van der Waals surface area (Å²) in [5, 5.41) is 0. The van der Waals surface area contributed by atoms with Gasteiger partial charge in [-0.3, -0.25) is 14.5 Å².